The maximum atomic E-state index is 13.6. The molecule has 1 fully saturated rings. The van der Waals surface area contributed by atoms with E-state index in [-0.39, 0.29) is 5.56 Å². The van der Waals surface area contributed by atoms with Crippen molar-refractivity contribution >= 4 is 17.7 Å². The van der Waals surface area contributed by atoms with Crippen LogP contribution in [-0.2, 0) is 10.2 Å². The van der Waals surface area contributed by atoms with Crippen molar-refractivity contribution in [2.24, 2.45) is 0 Å². The van der Waals surface area contributed by atoms with Crippen LogP contribution in [0, 0.1) is 0 Å². The molecule has 2 aromatic carbocycles. The first-order valence-electron chi connectivity index (χ1n) is 13.4. The number of nitrogens with one attached hydrogen (secondary N) is 1. The fourth-order valence-electron chi connectivity index (χ4n) is 5.91. The number of pyridine rings is 1. The Hall–Kier alpha value is -3.92. The highest BCUT2D eigenvalue weighted by molar-refractivity contribution is 6.00. The van der Waals surface area contributed by atoms with E-state index >= 15 is 0 Å². The molecule has 0 saturated carbocycles. The van der Waals surface area contributed by atoms with E-state index in [2.05, 4.69) is 20.1 Å². The summed E-state index contributed by atoms with van der Waals surface area (Å²) in [6.45, 7) is 2.57. The first-order chi connectivity index (χ1) is 19.2. The van der Waals surface area contributed by atoms with Gasteiger partial charge in [-0.3, -0.25) is 9.69 Å². The number of rotatable bonds is 9. The summed E-state index contributed by atoms with van der Waals surface area (Å²) in [6.07, 6.45) is -1.26. The van der Waals surface area contributed by atoms with Crippen molar-refractivity contribution in [2.75, 3.05) is 44.2 Å². The Labute approximate surface area is 230 Å². The van der Waals surface area contributed by atoms with Crippen LogP contribution in [0.15, 0.2) is 66.9 Å². The molecule has 1 aliphatic carbocycles. The number of carbonyl (C=O) groups excluding carboxylic acids is 1. The topological polar surface area (TPSA) is 85.8 Å². The molecule has 10 heteroatoms. The Bertz CT molecular complexity index is 1320. The number of alkyl halides is 3. The molecule has 210 valence electrons. The molecule has 2 N–H and O–H groups in total. The van der Waals surface area contributed by atoms with Gasteiger partial charge in [0.1, 0.15) is 17.8 Å². The Morgan fingerprint density at radius 2 is 1.52 bits per heavy atom. The second kappa shape index (κ2) is 11.3. The van der Waals surface area contributed by atoms with Crippen LogP contribution in [-0.4, -0.2) is 72.3 Å². The standard InChI is InChI=1S/C30H31F3N4O3/c31-30(32,33)20-35-28(40)29(24-9-3-1-7-22(24)23-8-2-4-10-25(23)29)13-5-6-14-36-15-17-37(18-16-36)26-12-11-21(19-34-26)27(38)39/h1-4,7-12,19H,5-6,13-18,20H2,(H,35,40)(H,38,39). The third-order valence-electron chi connectivity index (χ3n) is 7.87. The Morgan fingerprint density at radius 1 is 0.900 bits per heavy atom. The minimum atomic E-state index is -4.50. The van der Waals surface area contributed by atoms with E-state index in [1.54, 1.807) is 12.1 Å². The van der Waals surface area contributed by atoms with Crippen molar-refractivity contribution in [2.45, 2.75) is 30.9 Å². The summed E-state index contributed by atoms with van der Waals surface area (Å²) < 4.78 is 39.2. The van der Waals surface area contributed by atoms with Crippen molar-refractivity contribution in [3.8, 4) is 11.1 Å². The minimum Gasteiger partial charge on any atom is -0.478 e. The average molecular weight is 553 g/mol. The summed E-state index contributed by atoms with van der Waals surface area (Å²) in [5.74, 6) is -0.875. The van der Waals surface area contributed by atoms with Gasteiger partial charge in [-0.05, 0) is 53.8 Å². The SMILES string of the molecule is O=C(O)c1ccc(N2CCN(CCCCC3(C(=O)NCC(F)(F)F)c4ccccc4-c4ccccc43)CC2)nc1. The highest BCUT2D eigenvalue weighted by Crippen LogP contribution is 2.51. The fourth-order valence-corrected chi connectivity index (χ4v) is 5.91. The summed E-state index contributed by atoms with van der Waals surface area (Å²) in [5, 5.41) is 11.3. The first kappa shape index (κ1) is 27.6. The van der Waals surface area contributed by atoms with E-state index in [0.717, 1.165) is 67.2 Å². The molecule has 0 unspecified atom stereocenters. The molecule has 1 aromatic heterocycles. The quantitative estimate of drug-likeness (QED) is 0.374. The molecular formula is C30H31F3N4O3. The van der Waals surface area contributed by atoms with Crippen molar-refractivity contribution < 1.29 is 27.9 Å². The number of fused-ring (bicyclic) bond motifs is 3. The highest BCUT2D eigenvalue weighted by Gasteiger charge is 2.49. The van der Waals surface area contributed by atoms with E-state index in [1.165, 1.54) is 6.20 Å². The lowest BCUT2D eigenvalue weighted by molar-refractivity contribution is -0.141. The van der Waals surface area contributed by atoms with Gasteiger partial charge in [0, 0.05) is 32.4 Å². The predicted octanol–water partition coefficient (Wildman–Crippen LogP) is 4.72. The molecule has 3 aromatic rings. The number of anilines is 1. The molecule has 0 spiro atoms. The molecule has 0 bridgehead atoms. The number of carboxylic acid groups (broad SMARTS) is 1. The van der Waals surface area contributed by atoms with E-state index in [0.29, 0.717) is 12.8 Å². The predicted molar refractivity (Wildman–Crippen MR) is 145 cm³/mol. The molecule has 1 saturated heterocycles. The van der Waals surface area contributed by atoms with Crippen LogP contribution in [0.25, 0.3) is 11.1 Å². The molecule has 1 amide bonds. The number of piperazine rings is 1. The zero-order valence-corrected chi connectivity index (χ0v) is 22.0. The number of aromatic carboxylic acids is 1. The Balaban J connectivity index is 1.24. The molecule has 40 heavy (non-hydrogen) atoms. The van der Waals surface area contributed by atoms with Crippen molar-refractivity contribution in [1.29, 1.82) is 0 Å². The monoisotopic (exact) mass is 552 g/mol. The van der Waals surface area contributed by atoms with E-state index < -0.39 is 30.0 Å². The number of nitrogens with zero attached hydrogens (tertiary/aromatic N) is 3. The zero-order valence-electron chi connectivity index (χ0n) is 22.0. The number of amides is 1. The third kappa shape index (κ3) is 5.54. The van der Waals surface area contributed by atoms with Gasteiger partial charge < -0.3 is 15.3 Å². The highest BCUT2D eigenvalue weighted by atomic mass is 19.4. The summed E-state index contributed by atoms with van der Waals surface area (Å²) in [5.41, 5.74) is 2.27. The first-order valence-corrected chi connectivity index (χ1v) is 13.4. The van der Waals surface area contributed by atoms with E-state index in [9.17, 15) is 22.8 Å². The van der Waals surface area contributed by atoms with E-state index in [4.69, 9.17) is 5.11 Å². The van der Waals surface area contributed by atoms with Crippen LogP contribution in [0.4, 0.5) is 19.0 Å². The summed E-state index contributed by atoms with van der Waals surface area (Å²) in [4.78, 5) is 33.4. The molecule has 2 heterocycles. The minimum absolute atomic E-state index is 0.153. The number of benzene rings is 2. The van der Waals surface area contributed by atoms with Gasteiger partial charge in [-0.2, -0.15) is 13.2 Å². The van der Waals surface area contributed by atoms with Crippen molar-refractivity contribution in [1.82, 2.24) is 15.2 Å². The average Bonchev–Trinajstić information content (AvgIpc) is 3.25. The molecule has 7 nitrogen and oxygen atoms in total. The number of hydrogen-bond acceptors (Lipinski definition) is 5. The van der Waals surface area contributed by atoms with Gasteiger partial charge in [-0.1, -0.05) is 55.0 Å². The number of hydrogen-bond donors (Lipinski definition) is 2. The van der Waals surface area contributed by atoms with Crippen LogP contribution in [0.2, 0.25) is 0 Å². The Morgan fingerprint density at radius 3 is 2.08 bits per heavy atom. The number of halogens is 3. The smallest absolute Gasteiger partial charge is 0.405 e. The zero-order chi connectivity index (χ0) is 28.3. The molecule has 0 atom stereocenters. The van der Waals surface area contributed by atoms with Gasteiger partial charge in [0.25, 0.3) is 0 Å². The number of carboxylic acids is 1. The third-order valence-corrected chi connectivity index (χ3v) is 7.87. The van der Waals surface area contributed by atoms with Gasteiger partial charge in [0.15, 0.2) is 0 Å². The van der Waals surface area contributed by atoms with Gasteiger partial charge in [-0.15, -0.1) is 0 Å². The van der Waals surface area contributed by atoms with Gasteiger partial charge in [-0.25, -0.2) is 9.78 Å². The van der Waals surface area contributed by atoms with Crippen LogP contribution in [0.3, 0.4) is 0 Å². The van der Waals surface area contributed by atoms with Crippen LogP contribution >= 0.6 is 0 Å². The van der Waals surface area contributed by atoms with Gasteiger partial charge in [0.2, 0.25) is 5.91 Å². The van der Waals surface area contributed by atoms with Crippen LogP contribution in [0.1, 0.15) is 40.7 Å². The second-order valence-corrected chi connectivity index (χ2v) is 10.3. The summed E-state index contributed by atoms with van der Waals surface area (Å²) in [6, 6.07) is 18.3. The fraction of sp³-hybridized carbons (Fsp3) is 0.367. The van der Waals surface area contributed by atoms with Crippen LogP contribution < -0.4 is 10.2 Å². The van der Waals surface area contributed by atoms with Crippen molar-refractivity contribution in [3.63, 3.8) is 0 Å². The lowest BCUT2D eigenvalue weighted by atomic mass is 9.73. The van der Waals surface area contributed by atoms with Gasteiger partial charge in [0.05, 0.1) is 5.56 Å². The second-order valence-electron chi connectivity index (χ2n) is 10.3. The maximum Gasteiger partial charge on any atom is 0.405 e. The lowest BCUT2D eigenvalue weighted by Gasteiger charge is -2.36. The molecule has 0 radical (unpaired) electrons. The largest absolute Gasteiger partial charge is 0.478 e. The van der Waals surface area contributed by atoms with E-state index in [1.807, 2.05) is 48.5 Å². The number of aromatic nitrogens is 1. The normalized spacial score (nSPS) is 16.3. The molecule has 2 aliphatic rings. The molecular weight excluding hydrogens is 521 g/mol. The summed E-state index contributed by atoms with van der Waals surface area (Å²) in [7, 11) is 0. The summed E-state index contributed by atoms with van der Waals surface area (Å²) >= 11 is 0. The van der Waals surface area contributed by atoms with Gasteiger partial charge >= 0.3 is 12.1 Å². The molecule has 1 aliphatic heterocycles. The lowest BCUT2D eigenvalue weighted by Crippen LogP contribution is -2.48. The van der Waals surface area contributed by atoms with Crippen LogP contribution in [0.5, 0.6) is 0 Å². The molecule has 5 rings (SSSR count). The Kier molecular flexibility index (Phi) is 7.80. The number of carbonyl (C=O) groups is 2. The maximum absolute atomic E-state index is 13.6. The number of unbranched alkanes of at least 4 members (excludes halogenated alkanes) is 1. The van der Waals surface area contributed by atoms with Crippen molar-refractivity contribution in [3.05, 3.63) is 83.6 Å².